The summed E-state index contributed by atoms with van der Waals surface area (Å²) in [5.74, 6) is 1.26. The lowest BCUT2D eigenvalue weighted by Gasteiger charge is -2.33. The number of hydrogen-bond donors (Lipinski definition) is 2. The lowest BCUT2D eigenvalue weighted by atomic mass is 10.1. The SMILES string of the molecule is CNc1nc(Nc2ccc(C(=O)N3CCN(S(C)=O)CC3)cc2OC)ncc1Cl. The van der Waals surface area contributed by atoms with Gasteiger partial charge in [0.25, 0.3) is 5.91 Å². The van der Waals surface area contributed by atoms with Crippen LogP contribution in [0.3, 0.4) is 0 Å². The number of nitrogens with zero attached hydrogens (tertiary/aromatic N) is 4. The minimum Gasteiger partial charge on any atom is -0.495 e. The van der Waals surface area contributed by atoms with Crippen molar-refractivity contribution < 1.29 is 13.7 Å². The normalized spacial score (nSPS) is 15.7. The Balaban J connectivity index is 1.75. The third-order valence-electron chi connectivity index (χ3n) is 4.57. The summed E-state index contributed by atoms with van der Waals surface area (Å²) >= 11 is 6.01. The van der Waals surface area contributed by atoms with Gasteiger partial charge in [0.1, 0.15) is 16.6 Å². The highest BCUT2D eigenvalue weighted by Crippen LogP contribution is 2.29. The number of carbonyl (C=O) groups is 1. The maximum atomic E-state index is 12.8. The van der Waals surface area contributed by atoms with Crippen LogP contribution in [0.5, 0.6) is 5.75 Å². The molecule has 0 spiro atoms. The molecule has 1 saturated heterocycles. The first kappa shape index (κ1) is 21.3. The van der Waals surface area contributed by atoms with Gasteiger partial charge in [0.15, 0.2) is 0 Å². The molecule has 0 bridgehead atoms. The van der Waals surface area contributed by atoms with Crippen LogP contribution in [0, 0.1) is 0 Å². The molecule has 0 saturated carbocycles. The monoisotopic (exact) mass is 438 g/mol. The van der Waals surface area contributed by atoms with Crippen LogP contribution < -0.4 is 15.4 Å². The zero-order chi connectivity index (χ0) is 21.0. The van der Waals surface area contributed by atoms with E-state index in [1.807, 2.05) is 4.31 Å². The molecule has 1 atom stereocenters. The van der Waals surface area contributed by atoms with Crippen molar-refractivity contribution in [1.29, 1.82) is 0 Å². The Morgan fingerprint density at radius 2 is 2.00 bits per heavy atom. The van der Waals surface area contributed by atoms with Crippen LogP contribution in [0.1, 0.15) is 10.4 Å². The molecule has 0 aliphatic carbocycles. The minimum atomic E-state index is -1.01. The molecule has 1 unspecified atom stereocenters. The van der Waals surface area contributed by atoms with Gasteiger partial charge in [-0.15, -0.1) is 0 Å². The van der Waals surface area contributed by atoms with Gasteiger partial charge in [-0.1, -0.05) is 11.6 Å². The van der Waals surface area contributed by atoms with Crippen molar-refractivity contribution in [3.63, 3.8) is 0 Å². The number of ether oxygens (including phenoxy) is 1. The number of amides is 1. The number of rotatable bonds is 6. The Kier molecular flexibility index (Phi) is 6.88. The fraction of sp³-hybridized carbons (Fsp3) is 0.389. The van der Waals surface area contributed by atoms with Gasteiger partial charge in [-0.05, 0) is 18.2 Å². The number of piperazine rings is 1. The van der Waals surface area contributed by atoms with E-state index in [2.05, 4.69) is 20.6 Å². The Morgan fingerprint density at radius 1 is 1.28 bits per heavy atom. The molecule has 1 aromatic heterocycles. The Labute approximate surface area is 177 Å². The van der Waals surface area contributed by atoms with Crippen LogP contribution in [0.2, 0.25) is 5.02 Å². The third kappa shape index (κ3) is 4.95. The molecule has 29 heavy (non-hydrogen) atoms. The predicted molar refractivity (Wildman–Crippen MR) is 114 cm³/mol. The molecular formula is C18H23ClN6O3S. The second-order valence-corrected chi connectivity index (χ2v) is 8.10. The van der Waals surface area contributed by atoms with E-state index in [-0.39, 0.29) is 5.91 Å². The summed E-state index contributed by atoms with van der Waals surface area (Å²) in [6, 6.07) is 5.16. The average molecular weight is 439 g/mol. The van der Waals surface area contributed by atoms with Gasteiger partial charge >= 0.3 is 0 Å². The lowest BCUT2D eigenvalue weighted by Crippen LogP contribution is -2.48. The van der Waals surface area contributed by atoms with E-state index in [9.17, 15) is 9.00 Å². The van der Waals surface area contributed by atoms with Crippen LogP contribution in [-0.4, -0.2) is 75.9 Å². The second kappa shape index (κ2) is 9.38. The van der Waals surface area contributed by atoms with Crippen LogP contribution in [0.4, 0.5) is 17.5 Å². The zero-order valence-electron chi connectivity index (χ0n) is 16.4. The van der Waals surface area contributed by atoms with Crippen molar-refractivity contribution in [3.05, 3.63) is 35.0 Å². The van der Waals surface area contributed by atoms with Gasteiger partial charge < -0.3 is 20.3 Å². The summed E-state index contributed by atoms with van der Waals surface area (Å²) in [5.41, 5.74) is 1.14. The van der Waals surface area contributed by atoms with Gasteiger partial charge in [-0.25, -0.2) is 13.5 Å². The largest absolute Gasteiger partial charge is 0.495 e. The zero-order valence-corrected chi connectivity index (χ0v) is 18.0. The highest BCUT2D eigenvalue weighted by molar-refractivity contribution is 7.81. The quantitative estimate of drug-likeness (QED) is 0.711. The molecule has 9 nitrogen and oxygen atoms in total. The molecular weight excluding hydrogens is 416 g/mol. The summed E-state index contributed by atoms with van der Waals surface area (Å²) in [7, 11) is 2.24. The number of hydrogen-bond acceptors (Lipinski definition) is 7. The summed E-state index contributed by atoms with van der Waals surface area (Å²) in [4.78, 5) is 23.0. The molecule has 1 aromatic carbocycles. The third-order valence-corrected chi connectivity index (χ3v) is 5.93. The van der Waals surface area contributed by atoms with Gasteiger partial charge in [-0.2, -0.15) is 4.98 Å². The number of halogens is 1. The maximum Gasteiger partial charge on any atom is 0.254 e. The number of carbonyl (C=O) groups excluding carboxylic acids is 1. The molecule has 2 heterocycles. The summed E-state index contributed by atoms with van der Waals surface area (Å²) in [6.07, 6.45) is 3.15. The minimum absolute atomic E-state index is 0.0865. The van der Waals surface area contributed by atoms with Crippen molar-refractivity contribution in [3.8, 4) is 5.75 Å². The van der Waals surface area contributed by atoms with E-state index in [0.717, 1.165) is 0 Å². The van der Waals surface area contributed by atoms with E-state index in [0.29, 0.717) is 60.0 Å². The molecule has 1 aliphatic heterocycles. The first-order valence-corrected chi connectivity index (χ1v) is 10.9. The van der Waals surface area contributed by atoms with E-state index >= 15 is 0 Å². The first-order valence-electron chi connectivity index (χ1n) is 8.96. The summed E-state index contributed by atoms with van der Waals surface area (Å²) < 4.78 is 18.9. The Bertz CT molecular complexity index is 920. The van der Waals surface area contributed by atoms with Crippen LogP contribution in [0.15, 0.2) is 24.4 Å². The molecule has 1 fully saturated rings. The highest BCUT2D eigenvalue weighted by Gasteiger charge is 2.24. The number of nitrogens with one attached hydrogen (secondary N) is 2. The first-order chi connectivity index (χ1) is 13.9. The number of aromatic nitrogens is 2. The molecule has 1 aliphatic rings. The molecule has 3 rings (SSSR count). The Morgan fingerprint density at radius 3 is 2.62 bits per heavy atom. The average Bonchev–Trinajstić information content (AvgIpc) is 2.74. The van der Waals surface area contributed by atoms with Gasteiger partial charge in [0.05, 0.1) is 30.0 Å². The Hall–Kier alpha value is -2.43. The smallest absolute Gasteiger partial charge is 0.254 e. The van der Waals surface area contributed by atoms with E-state index in [1.54, 1.807) is 36.4 Å². The molecule has 11 heteroatoms. The molecule has 0 radical (unpaired) electrons. The predicted octanol–water partition coefficient (Wildman–Crippen LogP) is 1.98. The number of benzene rings is 1. The van der Waals surface area contributed by atoms with Crippen molar-refractivity contribution in [2.45, 2.75) is 0 Å². The van der Waals surface area contributed by atoms with Crippen molar-refractivity contribution in [2.24, 2.45) is 0 Å². The second-order valence-electron chi connectivity index (χ2n) is 6.33. The van der Waals surface area contributed by atoms with E-state index in [4.69, 9.17) is 16.3 Å². The van der Waals surface area contributed by atoms with Gasteiger partial charge in [-0.3, -0.25) is 4.79 Å². The van der Waals surface area contributed by atoms with Crippen LogP contribution in [0.25, 0.3) is 0 Å². The molecule has 2 aromatic rings. The standard InChI is InChI=1S/C18H23ClN6O3S/c1-20-16-13(19)11-21-18(23-16)22-14-5-4-12(10-15(14)28-2)17(26)24-6-8-25(9-7-24)29(3)27/h4-5,10-11H,6-9H2,1-3H3,(H2,20,21,22,23). The van der Waals surface area contributed by atoms with Crippen molar-refractivity contribution >= 4 is 45.9 Å². The van der Waals surface area contributed by atoms with E-state index in [1.165, 1.54) is 13.3 Å². The van der Waals surface area contributed by atoms with Crippen LogP contribution in [-0.2, 0) is 11.0 Å². The lowest BCUT2D eigenvalue weighted by molar-refractivity contribution is 0.0701. The van der Waals surface area contributed by atoms with Gasteiger partial charge in [0, 0.05) is 45.0 Å². The highest BCUT2D eigenvalue weighted by atomic mass is 35.5. The maximum absolute atomic E-state index is 12.8. The number of anilines is 3. The van der Waals surface area contributed by atoms with Crippen LogP contribution >= 0.6 is 11.6 Å². The van der Waals surface area contributed by atoms with Crippen molar-refractivity contribution in [1.82, 2.24) is 19.2 Å². The van der Waals surface area contributed by atoms with E-state index < -0.39 is 11.0 Å². The number of methoxy groups -OCH3 is 1. The molecule has 156 valence electrons. The fourth-order valence-corrected chi connectivity index (χ4v) is 3.84. The topological polar surface area (TPSA) is 99.7 Å². The van der Waals surface area contributed by atoms with Crippen molar-refractivity contribution in [2.75, 3.05) is 57.2 Å². The summed E-state index contributed by atoms with van der Waals surface area (Å²) in [6.45, 7) is 2.25. The molecule has 2 N–H and O–H groups in total. The molecule has 1 amide bonds. The fourth-order valence-electron chi connectivity index (χ4n) is 2.98. The summed E-state index contributed by atoms with van der Waals surface area (Å²) in [5, 5.41) is 6.39. The van der Waals surface area contributed by atoms with Gasteiger partial charge in [0.2, 0.25) is 5.95 Å².